The van der Waals surface area contributed by atoms with Crippen molar-refractivity contribution in [2.75, 3.05) is 0 Å². The van der Waals surface area contributed by atoms with E-state index in [2.05, 4.69) is 46.8 Å². The molecule has 0 aliphatic carbocycles. The fourth-order valence-corrected chi connectivity index (χ4v) is 2.14. The average molecular weight is 290 g/mol. The predicted octanol–water partition coefficient (Wildman–Crippen LogP) is 6.35. The normalized spacial score (nSPS) is 10.7. The Labute approximate surface area is 132 Å². The lowest BCUT2D eigenvalue weighted by molar-refractivity contribution is -0.120. The first-order chi connectivity index (χ1) is 9.85. The monoisotopic (exact) mass is 290 g/mol. The van der Waals surface area contributed by atoms with Crippen LogP contribution in [0.25, 0.3) is 0 Å². The molecule has 0 atom stereocenters. The van der Waals surface area contributed by atoms with E-state index in [1.54, 1.807) is 0 Å². The van der Waals surface area contributed by atoms with Gasteiger partial charge in [-0.3, -0.25) is 4.79 Å². The van der Waals surface area contributed by atoms with E-state index in [1.807, 2.05) is 18.2 Å². The molecule has 0 fully saturated rings. The SMILES string of the molecule is CCCCCCCC(=O)CC(C)(C)C.Cc1ccccc1. The zero-order valence-electron chi connectivity index (χ0n) is 14.7. The zero-order chi connectivity index (χ0) is 16.1. The number of Topliss-reactive ketones (excluding diaryl/α,β-unsaturated/α-hetero) is 1. The maximum Gasteiger partial charge on any atom is 0.133 e. The van der Waals surface area contributed by atoms with Gasteiger partial charge in [-0.2, -0.15) is 0 Å². The van der Waals surface area contributed by atoms with Crippen molar-refractivity contribution in [3.63, 3.8) is 0 Å². The van der Waals surface area contributed by atoms with E-state index in [0.717, 1.165) is 19.3 Å². The summed E-state index contributed by atoms with van der Waals surface area (Å²) in [6, 6.07) is 10.3. The topological polar surface area (TPSA) is 17.1 Å². The second-order valence-corrected chi connectivity index (χ2v) is 7.10. The van der Waals surface area contributed by atoms with Gasteiger partial charge in [0, 0.05) is 12.8 Å². The van der Waals surface area contributed by atoms with E-state index in [9.17, 15) is 4.79 Å². The molecule has 21 heavy (non-hydrogen) atoms. The summed E-state index contributed by atoms with van der Waals surface area (Å²) < 4.78 is 0. The zero-order valence-corrected chi connectivity index (χ0v) is 14.7. The number of benzene rings is 1. The Morgan fingerprint density at radius 3 is 1.95 bits per heavy atom. The number of hydrogen-bond donors (Lipinski definition) is 0. The Morgan fingerprint density at radius 2 is 1.52 bits per heavy atom. The molecule has 0 heterocycles. The first-order valence-corrected chi connectivity index (χ1v) is 8.38. The highest BCUT2D eigenvalue weighted by Crippen LogP contribution is 2.20. The second kappa shape index (κ2) is 11.5. The maximum atomic E-state index is 11.5. The van der Waals surface area contributed by atoms with Crippen LogP contribution in [-0.4, -0.2) is 5.78 Å². The minimum absolute atomic E-state index is 0.167. The molecule has 0 radical (unpaired) electrons. The third-order valence-corrected chi connectivity index (χ3v) is 3.23. The lowest BCUT2D eigenvalue weighted by atomic mass is 9.88. The molecule has 0 amide bonds. The van der Waals surface area contributed by atoms with Gasteiger partial charge in [0.25, 0.3) is 0 Å². The molecule has 0 bridgehead atoms. The molecule has 0 aromatic heterocycles. The Morgan fingerprint density at radius 1 is 0.952 bits per heavy atom. The Kier molecular flexibility index (Phi) is 10.9. The van der Waals surface area contributed by atoms with E-state index >= 15 is 0 Å². The Bertz CT molecular complexity index is 359. The van der Waals surface area contributed by atoms with E-state index in [-0.39, 0.29) is 5.41 Å². The van der Waals surface area contributed by atoms with E-state index in [0.29, 0.717) is 5.78 Å². The third kappa shape index (κ3) is 15.1. The Balaban J connectivity index is 0.000000471. The molecule has 120 valence electrons. The molecule has 1 rings (SSSR count). The average Bonchev–Trinajstić information content (AvgIpc) is 2.38. The summed E-state index contributed by atoms with van der Waals surface area (Å²) in [6.07, 6.45) is 7.73. The van der Waals surface area contributed by atoms with Crippen LogP contribution in [0.3, 0.4) is 0 Å². The van der Waals surface area contributed by atoms with Crippen LogP contribution in [0.1, 0.15) is 78.2 Å². The molecule has 0 aliphatic heterocycles. The molecule has 0 aliphatic rings. The van der Waals surface area contributed by atoms with Crippen LogP contribution < -0.4 is 0 Å². The second-order valence-electron chi connectivity index (χ2n) is 7.10. The van der Waals surface area contributed by atoms with Gasteiger partial charge in [0.05, 0.1) is 0 Å². The summed E-state index contributed by atoms with van der Waals surface area (Å²) in [6.45, 7) is 10.7. The van der Waals surface area contributed by atoms with Gasteiger partial charge in [-0.05, 0) is 18.8 Å². The van der Waals surface area contributed by atoms with E-state index < -0.39 is 0 Å². The number of aryl methyl sites for hydroxylation is 1. The molecule has 1 heteroatoms. The van der Waals surface area contributed by atoms with Gasteiger partial charge in [0.15, 0.2) is 0 Å². The summed E-state index contributed by atoms with van der Waals surface area (Å²) in [4.78, 5) is 11.5. The van der Waals surface area contributed by atoms with Crippen LogP contribution in [0.2, 0.25) is 0 Å². The third-order valence-electron chi connectivity index (χ3n) is 3.23. The van der Waals surface area contributed by atoms with Crippen molar-refractivity contribution in [1.29, 1.82) is 0 Å². The summed E-state index contributed by atoms with van der Waals surface area (Å²) in [5.41, 5.74) is 1.49. The van der Waals surface area contributed by atoms with Crippen LogP contribution >= 0.6 is 0 Å². The lowest BCUT2D eigenvalue weighted by Crippen LogP contribution is -2.12. The van der Waals surface area contributed by atoms with Gasteiger partial charge >= 0.3 is 0 Å². The summed E-state index contributed by atoms with van der Waals surface area (Å²) in [7, 11) is 0. The van der Waals surface area contributed by atoms with Crippen LogP contribution in [-0.2, 0) is 4.79 Å². The molecule has 0 saturated carbocycles. The molecule has 1 aromatic carbocycles. The maximum absolute atomic E-state index is 11.5. The minimum Gasteiger partial charge on any atom is -0.300 e. The van der Waals surface area contributed by atoms with Crippen LogP contribution in [0, 0.1) is 12.3 Å². The molecule has 0 N–H and O–H groups in total. The molecular weight excluding hydrogens is 256 g/mol. The molecular formula is C20H34O. The van der Waals surface area contributed by atoms with Gasteiger partial charge in [-0.25, -0.2) is 0 Å². The highest BCUT2D eigenvalue weighted by Gasteiger charge is 2.14. The standard InChI is InChI=1S/C13H26O.C7H8/c1-5-6-7-8-9-10-12(14)11-13(2,3)4;1-7-5-3-2-4-6-7/h5-11H2,1-4H3;2-6H,1H3. The van der Waals surface area contributed by atoms with Crippen molar-refractivity contribution in [3.8, 4) is 0 Å². The smallest absolute Gasteiger partial charge is 0.133 e. The van der Waals surface area contributed by atoms with Crippen molar-refractivity contribution in [2.45, 2.75) is 79.6 Å². The molecule has 0 spiro atoms. The Hall–Kier alpha value is -1.11. The van der Waals surface area contributed by atoms with Gasteiger partial charge in [0.2, 0.25) is 0 Å². The van der Waals surface area contributed by atoms with E-state index in [1.165, 1.54) is 31.2 Å². The number of carbonyl (C=O) groups is 1. The van der Waals surface area contributed by atoms with Gasteiger partial charge in [-0.15, -0.1) is 0 Å². The van der Waals surface area contributed by atoms with Crippen molar-refractivity contribution in [2.24, 2.45) is 5.41 Å². The van der Waals surface area contributed by atoms with Crippen LogP contribution in [0.5, 0.6) is 0 Å². The minimum atomic E-state index is 0.167. The lowest BCUT2D eigenvalue weighted by Gasteiger charge is -2.16. The van der Waals surface area contributed by atoms with Crippen molar-refractivity contribution in [3.05, 3.63) is 35.9 Å². The summed E-state index contributed by atoms with van der Waals surface area (Å²) in [5.74, 6) is 0.439. The molecule has 0 unspecified atom stereocenters. The molecule has 1 nitrogen and oxygen atoms in total. The highest BCUT2D eigenvalue weighted by molar-refractivity contribution is 5.78. The highest BCUT2D eigenvalue weighted by atomic mass is 16.1. The van der Waals surface area contributed by atoms with Crippen molar-refractivity contribution in [1.82, 2.24) is 0 Å². The van der Waals surface area contributed by atoms with Crippen LogP contribution in [0.4, 0.5) is 0 Å². The number of unbranched alkanes of at least 4 members (excludes halogenated alkanes) is 4. The predicted molar refractivity (Wildman–Crippen MR) is 93.6 cm³/mol. The number of carbonyl (C=O) groups excluding carboxylic acids is 1. The van der Waals surface area contributed by atoms with Gasteiger partial charge in [0.1, 0.15) is 5.78 Å². The molecule has 1 aromatic rings. The molecule has 0 saturated heterocycles. The largest absolute Gasteiger partial charge is 0.300 e. The van der Waals surface area contributed by atoms with Crippen molar-refractivity contribution >= 4 is 5.78 Å². The number of rotatable bonds is 7. The van der Waals surface area contributed by atoms with Gasteiger partial charge < -0.3 is 0 Å². The first kappa shape index (κ1) is 19.9. The summed E-state index contributed by atoms with van der Waals surface area (Å²) in [5, 5.41) is 0. The van der Waals surface area contributed by atoms with E-state index in [4.69, 9.17) is 0 Å². The first-order valence-electron chi connectivity index (χ1n) is 8.38. The quantitative estimate of drug-likeness (QED) is 0.535. The van der Waals surface area contributed by atoms with Crippen LogP contribution in [0.15, 0.2) is 30.3 Å². The fourth-order valence-electron chi connectivity index (χ4n) is 2.14. The fraction of sp³-hybridized carbons (Fsp3) is 0.650. The summed E-state index contributed by atoms with van der Waals surface area (Å²) >= 11 is 0. The van der Waals surface area contributed by atoms with Crippen molar-refractivity contribution < 1.29 is 4.79 Å². The number of hydrogen-bond acceptors (Lipinski definition) is 1. The number of ketones is 1. The van der Waals surface area contributed by atoms with Gasteiger partial charge in [-0.1, -0.05) is 89.3 Å².